The number of nitrogens with zero attached hydrogens (tertiary/aromatic N) is 3. The zero-order chi connectivity index (χ0) is 18.2. The molecule has 2 aromatic heterocycles. The third kappa shape index (κ3) is 3.30. The van der Waals surface area contributed by atoms with Gasteiger partial charge in [-0.05, 0) is 31.2 Å². The Morgan fingerprint density at radius 2 is 1.92 bits per heavy atom. The molecular formula is C16H14F3N3O3. The SMILES string of the molecule is CCn1c(=O)n(-c2ccc(O)cc2)c2ncc(OCC(F)(F)F)cc21. The second-order valence-electron chi connectivity index (χ2n) is 5.30. The third-order valence-electron chi connectivity index (χ3n) is 3.57. The minimum atomic E-state index is -4.46. The van der Waals surface area contributed by atoms with Gasteiger partial charge in [0, 0.05) is 12.6 Å². The zero-order valence-electron chi connectivity index (χ0n) is 13.1. The molecule has 25 heavy (non-hydrogen) atoms. The first-order chi connectivity index (χ1) is 11.8. The van der Waals surface area contributed by atoms with Crippen molar-refractivity contribution in [3.05, 3.63) is 47.0 Å². The summed E-state index contributed by atoms with van der Waals surface area (Å²) in [6.07, 6.45) is -3.32. The van der Waals surface area contributed by atoms with Crippen LogP contribution >= 0.6 is 0 Å². The average molecular weight is 353 g/mol. The van der Waals surface area contributed by atoms with Crippen molar-refractivity contribution in [1.29, 1.82) is 0 Å². The zero-order valence-corrected chi connectivity index (χ0v) is 13.1. The number of aryl methyl sites for hydroxylation is 1. The molecule has 6 nitrogen and oxygen atoms in total. The minimum Gasteiger partial charge on any atom is -0.508 e. The van der Waals surface area contributed by atoms with E-state index in [4.69, 9.17) is 4.74 Å². The number of halogens is 3. The van der Waals surface area contributed by atoms with Gasteiger partial charge in [0.05, 0.1) is 17.4 Å². The summed E-state index contributed by atoms with van der Waals surface area (Å²) >= 11 is 0. The van der Waals surface area contributed by atoms with E-state index in [-0.39, 0.29) is 22.8 Å². The molecule has 0 fully saturated rings. The van der Waals surface area contributed by atoms with Gasteiger partial charge in [0.15, 0.2) is 12.3 Å². The van der Waals surface area contributed by atoms with Crippen LogP contribution in [0.4, 0.5) is 13.2 Å². The molecule has 132 valence electrons. The molecule has 3 aromatic rings. The van der Waals surface area contributed by atoms with Crippen LogP contribution in [0.3, 0.4) is 0 Å². The topological polar surface area (TPSA) is 69.3 Å². The van der Waals surface area contributed by atoms with E-state index < -0.39 is 12.8 Å². The Kier molecular flexibility index (Phi) is 4.15. The lowest BCUT2D eigenvalue weighted by Crippen LogP contribution is -2.22. The summed E-state index contributed by atoms with van der Waals surface area (Å²) in [6.45, 7) is 0.616. The summed E-state index contributed by atoms with van der Waals surface area (Å²) in [5.41, 5.74) is 0.747. The van der Waals surface area contributed by atoms with Crippen LogP contribution in [0.1, 0.15) is 6.92 Å². The monoisotopic (exact) mass is 353 g/mol. The van der Waals surface area contributed by atoms with Gasteiger partial charge in [-0.15, -0.1) is 0 Å². The fraction of sp³-hybridized carbons (Fsp3) is 0.250. The predicted octanol–water partition coefficient (Wildman–Crippen LogP) is 2.85. The van der Waals surface area contributed by atoms with Crippen LogP contribution in [0.5, 0.6) is 11.5 Å². The van der Waals surface area contributed by atoms with E-state index in [1.54, 1.807) is 19.1 Å². The molecular weight excluding hydrogens is 339 g/mol. The highest BCUT2D eigenvalue weighted by atomic mass is 19.4. The van der Waals surface area contributed by atoms with Crippen LogP contribution in [0.15, 0.2) is 41.3 Å². The highest BCUT2D eigenvalue weighted by Gasteiger charge is 2.28. The number of aromatic hydroxyl groups is 1. The van der Waals surface area contributed by atoms with Crippen molar-refractivity contribution in [2.45, 2.75) is 19.6 Å². The summed E-state index contributed by atoms with van der Waals surface area (Å²) in [4.78, 5) is 16.7. The lowest BCUT2D eigenvalue weighted by Gasteiger charge is -2.09. The molecule has 0 amide bonds. The highest BCUT2D eigenvalue weighted by Crippen LogP contribution is 2.23. The minimum absolute atomic E-state index is 0.0480. The van der Waals surface area contributed by atoms with Gasteiger partial charge in [-0.2, -0.15) is 13.2 Å². The first-order valence-corrected chi connectivity index (χ1v) is 7.40. The Labute approximate surface area is 139 Å². The highest BCUT2D eigenvalue weighted by molar-refractivity contribution is 5.75. The van der Waals surface area contributed by atoms with Crippen molar-refractivity contribution < 1.29 is 23.0 Å². The number of hydrogen-bond donors (Lipinski definition) is 1. The van der Waals surface area contributed by atoms with Crippen LogP contribution in [-0.4, -0.2) is 32.0 Å². The Morgan fingerprint density at radius 1 is 1.24 bits per heavy atom. The van der Waals surface area contributed by atoms with Gasteiger partial charge < -0.3 is 9.84 Å². The number of aromatic nitrogens is 3. The summed E-state index contributed by atoms with van der Waals surface area (Å²) in [5, 5.41) is 9.38. The van der Waals surface area contributed by atoms with Gasteiger partial charge in [0.1, 0.15) is 11.5 Å². The Hall–Kier alpha value is -2.97. The summed E-state index contributed by atoms with van der Waals surface area (Å²) < 4.78 is 44.3. The van der Waals surface area contributed by atoms with Crippen LogP contribution < -0.4 is 10.4 Å². The van der Waals surface area contributed by atoms with Crippen molar-refractivity contribution in [3.63, 3.8) is 0 Å². The number of phenols is 1. The van der Waals surface area contributed by atoms with E-state index in [1.807, 2.05) is 0 Å². The molecule has 0 spiro atoms. The molecule has 0 aliphatic heterocycles. The molecule has 0 aliphatic carbocycles. The van der Waals surface area contributed by atoms with Crippen LogP contribution in [0.25, 0.3) is 16.9 Å². The molecule has 0 saturated carbocycles. The van der Waals surface area contributed by atoms with Gasteiger partial charge in [-0.1, -0.05) is 0 Å². The Morgan fingerprint density at radius 3 is 2.52 bits per heavy atom. The number of ether oxygens (including phenoxy) is 1. The number of pyridine rings is 1. The molecule has 0 radical (unpaired) electrons. The van der Waals surface area contributed by atoms with Crippen molar-refractivity contribution in [2.75, 3.05) is 6.61 Å². The van der Waals surface area contributed by atoms with Crippen LogP contribution in [0.2, 0.25) is 0 Å². The number of imidazole rings is 1. The van der Waals surface area contributed by atoms with Gasteiger partial charge >= 0.3 is 11.9 Å². The molecule has 0 atom stereocenters. The normalized spacial score (nSPS) is 11.8. The number of fused-ring (bicyclic) bond motifs is 1. The largest absolute Gasteiger partial charge is 0.508 e. The van der Waals surface area contributed by atoms with E-state index in [9.17, 15) is 23.1 Å². The Balaban J connectivity index is 2.12. The standard InChI is InChI=1S/C16H14F3N3O3/c1-2-21-13-7-12(25-9-16(17,18)19)8-20-14(13)22(15(21)24)10-3-5-11(23)6-4-10/h3-8,23H,2,9H2,1H3. The third-order valence-corrected chi connectivity index (χ3v) is 3.57. The number of hydrogen-bond acceptors (Lipinski definition) is 4. The molecule has 0 bridgehead atoms. The van der Waals surface area contributed by atoms with Crippen LogP contribution in [-0.2, 0) is 6.54 Å². The summed E-state index contributed by atoms with van der Waals surface area (Å²) in [7, 11) is 0. The second-order valence-corrected chi connectivity index (χ2v) is 5.30. The first-order valence-electron chi connectivity index (χ1n) is 7.40. The molecule has 1 aromatic carbocycles. The summed E-state index contributed by atoms with van der Waals surface area (Å²) in [5.74, 6) is -0.0262. The van der Waals surface area contributed by atoms with E-state index in [0.717, 1.165) is 6.20 Å². The maximum Gasteiger partial charge on any atom is 0.422 e. The fourth-order valence-electron chi connectivity index (χ4n) is 2.50. The quantitative estimate of drug-likeness (QED) is 0.783. The number of phenolic OH excluding ortho intramolecular Hbond substituents is 1. The molecule has 0 saturated heterocycles. The van der Waals surface area contributed by atoms with Gasteiger partial charge in [0.25, 0.3) is 0 Å². The molecule has 0 unspecified atom stereocenters. The number of rotatable bonds is 4. The Bertz CT molecular complexity index is 959. The molecule has 1 N–H and O–H groups in total. The lowest BCUT2D eigenvalue weighted by atomic mass is 10.3. The van der Waals surface area contributed by atoms with Crippen molar-refractivity contribution in [3.8, 4) is 17.2 Å². The van der Waals surface area contributed by atoms with E-state index >= 15 is 0 Å². The van der Waals surface area contributed by atoms with E-state index in [1.165, 1.54) is 27.3 Å². The fourth-order valence-corrected chi connectivity index (χ4v) is 2.50. The maximum absolute atomic E-state index is 12.6. The number of alkyl halides is 3. The van der Waals surface area contributed by atoms with Crippen LogP contribution in [0, 0.1) is 0 Å². The molecule has 0 aliphatic rings. The molecule has 9 heteroatoms. The predicted molar refractivity (Wildman–Crippen MR) is 84.2 cm³/mol. The lowest BCUT2D eigenvalue weighted by molar-refractivity contribution is -0.153. The maximum atomic E-state index is 12.6. The number of benzene rings is 1. The average Bonchev–Trinajstić information content (AvgIpc) is 2.84. The van der Waals surface area contributed by atoms with Crippen molar-refractivity contribution in [2.24, 2.45) is 0 Å². The van der Waals surface area contributed by atoms with E-state index in [2.05, 4.69) is 4.98 Å². The van der Waals surface area contributed by atoms with Gasteiger partial charge in [0.2, 0.25) is 0 Å². The molecule has 2 heterocycles. The van der Waals surface area contributed by atoms with E-state index in [0.29, 0.717) is 17.7 Å². The summed E-state index contributed by atoms with van der Waals surface area (Å²) in [6, 6.07) is 7.31. The van der Waals surface area contributed by atoms with Gasteiger partial charge in [-0.3, -0.25) is 4.57 Å². The first kappa shape index (κ1) is 16.9. The molecule has 3 rings (SSSR count). The smallest absolute Gasteiger partial charge is 0.422 e. The van der Waals surface area contributed by atoms with Crippen molar-refractivity contribution >= 4 is 11.2 Å². The van der Waals surface area contributed by atoms with Gasteiger partial charge in [-0.25, -0.2) is 14.3 Å². The second kappa shape index (κ2) is 6.15. The van der Waals surface area contributed by atoms with Crippen molar-refractivity contribution in [1.82, 2.24) is 14.1 Å².